The van der Waals surface area contributed by atoms with Crippen LogP contribution < -0.4 is 0 Å². The fourth-order valence-electron chi connectivity index (χ4n) is 1.59. The van der Waals surface area contributed by atoms with Gasteiger partial charge in [0.15, 0.2) is 0 Å². The predicted octanol–water partition coefficient (Wildman–Crippen LogP) is 4.13. The van der Waals surface area contributed by atoms with Crippen LogP contribution in [0, 0.1) is 5.82 Å². The van der Waals surface area contributed by atoms with Gasteiger partial charge in [0.1, 0.15) is 5.82 Å². The van der Waals surface area contributed by atoms with E-state index in [0.29, 0.717) is 5.39 Å². The van der Waals surface area contributed by atoms with Gasteiger partial charge in [-0.15, -0.1) is 0 Å². The van der Waals surface area contributed by atoms with Crippen LogP contribution in [0.15, 0.2) is 30.6 Å². The lowest BCUT2D eigenvalue weighted by molar-refractivity contribution is 0.610. The van der Waals surface area contributed by atoms with E-state index in [4.69, 9.17) is 0 Å². The average molecular weight is 205 g/mol. The molecule has 1 nitrogen and oxygen atoms in total. The Morgan fingerprint density at radius 3 is 2.60 bits per heavy atom. The number of pyridine rings is 1. The molecule has 0 saturated heterocycles. The van der Waals surface area contributed by atoms with Crippen LogP contribution in [-0.2, 0) is 0 Å². The number of halogens is 1. The van der Waals surface area contributed by atoms with Crippen LogP contribution in [-0.4, -0.2) is 4.98 Å². The van der Waals surface area contributed by atoms with Gasteiger partial charge < -0.3 is 0 Å². The number of benzene rings is 1. The first-order chi connectivity index (χ1) is 6.70. The summed E-state index contributed by atoms with van der Waals surface area (Å²) in [5.41, 5.74) is 0.767. The van der Waals surface area contributed by atoms with Crippen LogP contribution in [0.5, 0.6) is 0 Å². The molecule has 0 N–H and O–H groups in total. The zero-order valence-corrected chi connectivity index (χ0v) is 8.29. The van der Waals surface area contributed by atoms with Gasteiger partial charge in [-0.1, -0.05) is 33.4 Å². The summed E-state index contributed by atoms with van der Waals surface area (Å²) in [6.07, 6.45) is 3.30. The molecule has 2 aromatic rings. The molecule has 0 aliphatic heterocycles. The fraction of sp³-hybridized carbons (Fsp3) is 0.308. The van der Waals surface area contributed by atoms with Crippen molar-refractivity contribution in [3.8, 4) is 0 Å². The van der Waals surface area contributed by atoms with E-state index in [1.165, 1.54) is 0 Å². The minimum atomic E-state index is -0.111. The summed E-state index contributed by atoms with van der Waals surface area (Å²) in [5.74, 6) is 0.104. The second-order valence-corrected chi connectivity index (χ2v) is 3.72. The van der Waals surface area contributed by atoms with E-state index in [1.54, 1.807) is 18.5 Å². The average Bonchev–Trinajstić information content (AvgIpc) is 2.18. The highest BCUT2D eigenvalue weighted by atomic mass is 19.1. The molecule has 0 unspecified atom stereocenters. The third-order valence-corrected chi connectivity index (χ3v) is 2.41. The Bertz CT molecular complexity index is 463. The lowest BCUT2D eigenvalue weighted by Gasteiger charge is -2.08. The first kappa shape index (κ1) is 11.6. The fourth-order valence-corrected chi connectivity index (χ4v) is 1.59. The molecule has 0 aliphatic rings. The number of aromatic nitrogens is 1. The lowest BCUT2D eigenvalue weighted by atomic mass is 9.99. The van der Waals surface area contributed by atoms with E-state index in [2.05, 4.69) is 4.98 Å². The number of hydrogen-bond donors (Lipinski definition) is 0. The molecule has 0 amide bonds. The summed E-state index contributed by atoms with van der Waals surface area (Å²) < 4.78 is 13.9. The maximum atomic E-state index is 13.9. The summed E-state index contributed by atoms with van der Waals surface area (Å²) in [7, 11) is 0. The van der Waals surface area contributed by atoms with Gasteiger partial charge in [-0.05, 0) is 17.5 Å². The normalized spacial score (nSPS) is 10.4. The molecule has 1 heterocycles. The SMILES string of the molecule is C.CC(C)c1ccc2cnccc2c1F. The van der Waals surface area contributed by atoms with Crippen molar-refractivity contribution < 1.29 is 4.39 Å². The third-order valence-electron chi connectivity index (χ3n) is 2.41. The molecule has 2 rings (SSSR count). The Labute approximate surface area is 90.0 Å². The van der Waals surface area contributed by atoms with Crippen molar-refractivity contribution in [3.63, 3.8) is 0 Å². The summed E-state index contributed by atoms with van der Waals surface area (Å²) >= 11 is 0. The summed E-state index contributed by atoms with van der Waals surface area (Å²) in [6, 6.07) is 5.47. The van der Waals surface area contributed by atoms with E-state index in [-0.39, 0.29) is 19.2 Å². The van der Waals surface area contributed by atoms with Crippen molar-refractivity contribution in [3.05, 3.63) is 42.0 Å². The molecule has 0 saturated carbocycles. The summed E-state index contributed by atoms with van der Waals surface area (Å²) in [5, 5.41) is 1.51. The standard InChI is InChI=1S/C12H12FN.CH4/c1-8(2)10-4-3-9-7-14-6-5-11(9)12(10)13;/h3-8H,1-2H3;1H4. The topological polar surface area (TPSA) is 12.9 Å². The molecule has 0 bridgehead atoms. The zero-order chi connectivity index (χ0) is 10.1. The van der Waals surface area contributed by atoms with Crippen LogP contribution in [0.1, 0.15) is 32.8 Å². The van der Waals surface area contributed by atoms with Crippen molar-refractivity contribution in [1.82, 2.24) is 4.98 Å². The number of hydrogen-bond acceptors (Lipinski definition) is 1. The van der Waals surface area contributed by atoms with Gasteiger partial charge in [0.2, 0.25) is 0 Å². The predicted molar refractivity (Wildman–Crippen MR) is 62.5 cm³/mol. The third kappa shape index (κ3) is 1.99. The Hall–Kier alpha value is -1.44. The van der Waals surface area contributed by atoms with Crippen LogP contribution in [0.4, 0.5) is 4.39 Å². The maximum absolute atomic E-state index is 13.9. The molecule has 1 aromatic carbocycles. The Kier molecular flexibility index (Phi) is 3.40. The molecular weight excluding hydrogens is 189 g/mol. The van der Waals surface area contributed by atoms with E-state index in [0.717, 1.165) is 10.9 Å². The number of fused-ring (bicyclic) bond motifs is 1. The Morgan fingerprint density at radius 1 is 1.20 bits per heavy atom. The van der Waals surface area contributed by atoms with Gasteiger partial charge in [-0.2, -0.15) is 0 Å². The molecular formula is C13H16FN. The molecule has 0 fully saturated rings. The van der Waals surface area contributed by atoms with Gasteiger partial charge >= 0.3 is 0 Å². The smallest absolute Gasteiger partial charge is 0.134 e. The largest absolute Gasteiger partial charge is 0.264 e. The Morgan fingerprint density at radius 2 is 1.93 bits per heavy atom. The molecule has 15 heavy (non-hydrogen) atoms. The van der Waals surface area contributed by atoms with E-state index < -0.39 is 0 Å². The quantitative estimate of drug-likeness (QED) is 0.682. The van der Waals surface area contributed by atoms with Crippen molar-refractivity contribution >= 4 is 10.8 Å². The summed E-state index contributed by atoms with van der Waals surface area (Å²) in [4.78, 5) is 3.96. The molecule has 1 aromatic heterocycles. The van der Waals surface area contributed by atoms with E-state index in [9.17, 15) is 4.39 Å². The van der Waals surface area contributed by atoms with E-state index in [1.807, 2.05) is 26.0 Å². The highest BCUT2D eigenvalue weighted by molar-refractivity contribution is 5.82. The molecule has 0 spiro atoms. The number of nitrogens with zero attached hydrogens (tertiary/aromatic N) is 1. The van der Waals surface area contributed by atoms with Crippen LogP contribution >= 0.6 is 0 Å². The van der Waals surface area contributed by atoms with Crippen molar-refractivity contribution in [2.45, 2.75) is 27.2 Å². The van der Waals surface area contributed by atoms with Gasteiger partial charge in [0.05, 0.1) is 0 Å². The second-order valence-electron chi connectivity index (χ2n) is 3.72. The molecule has 80 valence electrons. The molecule has 0 radical (unpaired) electrons. The summed E-state index contributed by atoms with van der Waals surface area (Å²) in [6.45, 7) is 3.98. The lowest BCUT2D eigenvalue weighted by Crippen LogP contribution is -1.93. The highest BCUT2D eigenvalue weighted by Gasteiger charge is 2.09. The van der Waals surface area contributed by atoms with Gasteiger partial charge in [-0.25, -0.2) is 4.39 Å². The van der Waals surface area contributed by atoms with Gasteiger partial charge in [-0.3, -0.25) is 4.98 Å². The van der Waals surface area contributed by atoms with Crippen LogP contribution in [0.2, 0.25) is 0 Å². The molecule has 2 heteroatoms. The molecule has 0 atom stereocenters. The minimum absolute atomic E-state index is 0. The van der Waals surface area contributed by atoms with Crippen LogP contribution in [0.3, 0.4) is 0 Å². The van der Waals surface area contributed by atoms with Crippen molar-refractivity contribution in [2.24, 2.45) is 0 Å². The molecule has 0 aliphatic carbocycles. The van der Waals surface area contributed by atoms with Gasteiger partial charge in [0.25, 0.3) is 0 Å². The van der Waals surface area contributed by atoms with Crippen LogP contribution in [0.25, 0.3) is 10.8 Å². The van der Waals surface area contributed by atoms with E-state index >= 15 is 0 Å². The van der Waals surface area contributed by atoms with Crippen molar-refractivity contribution in [1.29, 1.82) is 0 Å². The minimum Gasteiger partial charge on any atom is -0.264 e. The monoisotopic (exact) mass is 205 g/mol. The second kappa shape index (κ2) is 4.39. The van der Waals surface area contributed by atoms with Crippen molar-refractivity contribution in [2.75, 3.05) is 0 Å². The van der Waals surface area contributed by atoms with Gasteiger partial charge in [0, 0.05) is 23.2 Å². The number of rotatable bonds is 1. The first-order valence-corrected chi connectivity index (χ1v) is 4.72. The Balaban J connectivity index is 0.00000112. The highest BCUT2D eigenvalue weighted by Crippen LogP contribution is 2.25. The maximum Gasteiger partial charge on any atom is 0.134 e. The first-order valence-electron chi connectivity index (χ1n) is 4.72. The zero-order valence-electron chi connectivity index (χ0n) is 8.29.